The fourth-order valence-electron chi connectivity index (χ4n) is 1.32. The molecular formula is C12H13NOS. The van der Waals surface area contributed by atoms with Crippen LogP contribution in [-0.2, 0) is 6.61 Å². The first kappa shape index (κ1) is 10.2. The van der Waals surface area contributed by atoms with Crippen molar-refractivity contribution in [2.45, 2.75) is 20.5 Å². The zero-order valence-corrected chi connectivity index (χ0v) is 9.67. The van der Waals surface area contributed by atoms with Crippen LogP contribution in [0.5, 0.6) is 5.75 Å². The van der Waals surface area contributed by atoms with E-state index in [-0.39, 0.29) is 0 Å². The monoisotopic (exact) mass is 219 g/mol. The van der Waals surface area contributed by atoms with E-state index in [9.17, 15) is 0 Å². The molecule has 15 heavy (non-hydrogen) atoms. The molecule has 2 rings (SSSR count). The molecule has 0 saturated carbocycles. The summed E-state index contributed by atoms with van der Waals surface area (Å²) >= 11 is 1.68. The Morgan fingerprint density at radius 3 is 2.87 bits per heavy atom. The highest BCUT2D eigenvalue weighted by molar-refractivity contribution is 7.11. The Balaban J connectivity index is 1.99. The Morgan fingerprint density at radius 2 is 2.20 bits per heavy atom. The Morgan fingerprint density at radius 1 is 1.33 bits per heavy atom. The van der Waals surface area contributed by atoms with Crippen LogP contribution in [0.25, 0.3) is 0 Å². The van der Waals surface area contributed by atoms with Crippen LogP contribution in [0.3, 0.4) is 0 Å². The van der Waals surface area contributed by atoms with Gasteiger partial charge >= 0.3 is 0 Å². The van der Waals surface area contributed by atoms with E-state index in [1.807, 2.05) is 31.3 Å². The first-order valence-corrected chi connectivity index (χ1v) is 5.66. The summed E-state index contributed by atoms with van der Waals surface area (Å²) in [6, 6.07) is 8.05. The van der Waals surface area contributed by atoms with Crippen molar-refractivity contribution in [2.75, 3.05) is 0 Å². The topological polar surface area (TPSA) is 22.1 Å². The molecular weight excluding hydrogens is 206 g/mol. The molecule has 1 aromatic heterocycles. The molecule has 0 bridgehead atoms. The normalized spacial score (nSPS) is 10.3. The number of hydrogen-bond donors (Lipinski definition) is 0. The lowest BCUT2D eigenvalue weighted by molar-refractivity contribution is 0.305. The van der Waals surface area contributed by atoms with Gasteiger partial charge in [0.05, 0.1) is 0 Å². The van der Waals surface area contributed by atoms with Crippen molar-refractivity contribution in [2.24, 2.45) is 0 Å². The van der Waals surface area contributed by atoms with Crippen LogP contribution in [0.1, 0.15) is 15.4 Å². The zero-order chi connectivity index (χ0) is 10.7. The predicted molar refractivity (Wildman–Crippen MR) is 62.4 cm³/mol. The minimum atomic E-state index is 0.558. The minimum absolute atomic E-state index is 0.558. The SMILES string of the molecule is Cc1cccc(OCc2ncc(C)s2)c1. The molecule has 78 valence electrons. The molecule has 1 heterocycles. The quantitative estimate of drug-likeness (QED) is 0.790. The molecule has 0 aliphatic heterocycles. The lowest BCUT2D eigenvalue weighted by atomic mass is 10.2. The summed E-state index contributed by atoms with van der Waals surface area (Å²) < 4.78 is 5.63. The third-order valence-electron chi connectivity index (χ3n) is 2.02. The maximum atomic E-state index is 5.63. The molecule has 2 aromatic rings. The van der Waals surface area contributed by atoms with E-state index in [0.717, 1.165) is 10.8 Å². The second kappa shape index (κ2) is 4.45. The van der Waals surface area contributed by atoms with Crippen molar-refractivity contribution >= 4 is 11.3 Å². The molecule has 1 aromatic carbocycles. The van der Waals surface area contributed by atoms with Crippen LogP contribution in [-0.4, -0.2) is 4.98 Å². The molecule has 0 amide bonds. The van der Waals surface area contributed by atoms with Gasteiger partial charge in [-0.15, -0.1) is 11.3 Å². The third kappa shape index (κ3) is 2.80. The van der Waals surface area contributed by atoms with Gasteiger partial charge in [0.2, 0.25) is 0 Å². The smallest absolute Gasteiger partial charge is 0.140 e. The fraction of sp³-hybridized carbons (Fsp3) is 0.250. The van der Waals surface area contributed by atoms with Crippen molar-refractivity contribution < 1.29 is 4.74 Å². The summed E-state index contributed by atoms with van der Waals surface area (Å²) in [6.45, 7) is 4.66. The molecule has 0 N–H and O–H groups in total. The predicted octanol–water partition coefficient (Wildman–Crippen LogP) is 3.34. The summed E-state index contributed by atoms with van der Waals surface area (Å²) in [5.41, 5.74) is 1.21. The van der Waals surface area contributed by atoms with Crippen LogP contribution in [0.4, 0.5) is 0 Å². The average Bonchev–Trinajstić information content (AvgIpc) is 2.62. The summed E-state index contributed by atoms with van der Waals surface area (Å²) in [6.07, 6.45) is 1.87. The van der Waals surface area contributed by atoms with Gasteiger partial charge in [-0.3, -0.25) is 0 Å². The fourth-order valence-corrected chi connectivity index (χ4v) is 2.02. The lowest BCUT2D eigenvalue weighted by Crippen LogP contribution is -1.94. The Hall–Kier alpha value is -1.35. The van der Waals surface area contributed by atoms with Crippen molar-refractivity contribution in [1.29, 1.82) is 0 Å². The molecule has 0 atom stereocenters. The highest BCUT2D eigenvalue weighted by Gasteiger charge is 1.99. The molecule has 0 unspecified atom stereocenters. The number of aryl methyl sites for hydroxylation is 2. The van der Waals surface area contributed by atoms with Gasteiger partial charge in [0, 0.05) is 11.1 Å². The number of aromatic nitrogens is 1. The third-order valence-corrected chi connectivity index (χ3v) is 2.91. The molecule has 0 fully saturated rings. The molecule has 0 radical (unpaired) electrons. The van der Waals surface area contributed by atoms with Crippen molar-refractivity contribution in [1.82, 2.24) is 4.98 Å². The van der Waals surface area contributed by atoms with Crippen LogP contribution in [0.2, 0.25) is 0 Å². The van der Waals surface area contributed by atoms with E-state index in [4.69, 9.17) is 4.74 Å². The molecule has 2 nitrogen and oxygen atoms in total. The summed E-state index contributed by atoms with van der Waals surface area (Å²) in [5, 5.41) is 1.02. The van der Waals surface area contributed by atoms with E-state index >= 15 is 0 Å². The average molecular weight is 219 g/mol. The number of rotatable bonds is 3. The molecule has 3 heteroatoms. The highest BCUT2D eigenvalue weighted by Crippen LogP contribution is 2.16. The number of nitrogens with zero attached hydrogens (tertiary/aromatic N) is 1. The van der Waals surface area contributed by atoms with E-state index in [0.29, 0.717) is 6.61 Å². The molecule has 0 aliphatic rings. The maximum Gasteiger partial charge on any atom is 0.140 e. The van der Waals surface area contributed by atoms with Crippen LogP contribution < -0.4 is 4.74 Å². The second-order valence-corrected chi connectivity index (χ2v) is 4.79. The number of hydrogen-bond acceptors (Lipinski definition) is 3. The summed E-state index contributed by atoms with van der Waals surface area (Å²) in [4.78, 5) is 5.47. The Bertz CT molecular complexity index is 450. The van der Waals surface area contributed by atoms with E-state index in [1.165, 1.54) is 10.4 Å². The Labute approximate surface area is 93.6 Å². The van der Waals surface area contributed by atoms with Gasteiger partial charge < -0.3 is 4.74 Å². The van der Waals surface area contributed by atoms with Gasteiger partial charge in [0.1, 0.15) is 17.4 Å². The maximum absolute atomic E-state index is 5.63. The zero-order valence-electron chi connectivity index (χ0n) is 8.86. The number of thiazole rings is 1. The van der Waals surface area contributed by atoms with Crippen molar-refractivity contribution in [3.63, 3.8) is 0 Å². The highest BCUT2D eigenvalue weighted by atomic mass is 32.1. The Kier molecular flexibility index (Phi) is 3.02. The largest absolute Gasteiger partial charge is 0.486 e. The summed E-state index contributed by atoms with van der Waals surface area (Å²) in [7, 11) is 0. The van der Waals surface area contributed by atoms with Crippen LogP contribution >= 0.6 is 11.3 Å². The molecule has 0 saturated heterocycles. The van der Waals surface area contributed by atoms with Gasteiger partial charge in [-0.25, -0.2) is 4.98 Å². The first-order chi connectivity index (χ1) is 7.24. The minimum Gasteiger partial charge on any atom is -0.486 e. The van der Waals surface area contributed by atoms with Gasteiger partial charge in [0.15, 0.2) is 0 Å². The molecule has 0 aliphatic carbocycles. The first-order valence-electron chi connectivity index (χ1n) is 4.85. The van der Waals surface area contributed by atoms with E-state index in [2.05, 4.69) is 18.0 Å². The standard InChI is InChI=1S/C12H13NOS/c1-9-4-3-5-11(6-9)14-8-12-13-7-10(2)15-12/h3-7H,8H2,1-2H3. The van der Waals surface area contributed by atoms with Crippen LogP contribution in [0, 0.1) is 13.8 Å². The number of ether oxygens (including phenoxy) is 1. The van der Waals surface area contributed by atoms with Crippen molar-refractivity contribution in [3.05, 3.63) is 45.9 Å². The van der Waals surface area contributed by atoms with Gasteiger partial charge in [-0.2, -0.15) is 0 Å². The summed E-state index contributed by atoms with van der Waals surface area (Å²) in [5.74, 6) is 0.905. The van der Waals surface area contributed by atoms with Crippen molar-refractivity contribution in [3.8, 4) is 5.75 Å². The van der Waals surface area contributed by atoms with Gasteiger partial charge in [0.25, 0.3) is 0 Å². The number of benzene rings is 1. The molecule has 0 spiro atoms. The lowest BCUT2D eigenvalue weighted by Gasteiger charge is -2.04. The van der Waals surface area contributed by atoms with Gasteiger partial charge in [-0.05, 0) is 31.5 Å². The van der Waals surface area contributed by atoms with E-state index < -0.39 is 0 Å². The van der Waals surface area contributed by atoms with Crippen LogP contribution in [0.15, 0.2) is 30.5 Å². The second-order valence-electron chi connectivity index (χ2n) is 3.47. The van der Waals surface area contributed by atoms with Gasteiger partial charge in [-0.1, -0.05) is 12.1 Å². The van der Waals surface area contributed by atoms with E-state index in [1.54, 1.807) is 11.3 Å².